The summed E-state index contributed by atoms with van der Waals surface area (Å²) in [5.41, 5.74) is 0.936. The third-order valence-corrected chi connectivity index (χ3v) is 4.92. The number of carbonyl (C=O) groups is 2. The third kappa shape index (κ3) is 4.84. The first-order valence-electron chi connectivity index (χ1n) is 9.10. The van der Waals surface area contributed by atoms with Gasteiger partial charge in [0.25, 0.3) is 0 Å². The van der Waals surface area contributed by atoms with Gasteiger partial charge in [-0.25, -0.2) is 9.18 Å². The highest BCUT2D eigenvalue weighted by Gasteiger charge is 2.39. The molecule has 3 amide bonds. The predicted molar refractivity (Wildman–Crippen MR) is 103 cm³/mol. The maximum Gasteiger partial charge on any atom is 0.321 e. The van der Waals surface area contributed by atoms with E-state index in [4.69, 9.17) is 0 Å². The van der Waals surface area contributed by atoms with Crippen molar-refractivity contribution >= 4 is 17.6 Å². The van der Waals surface area contributed by atoms with Gasteiger partial charge in [0, 0.05) is 25.3 Å². The molecular formula is C21H24FN3O2. The molecule has 1 saturated heterocycles. The maximum atomic E-state index is 13.0. The number of piperidine rings is 1. The normalized spacial score (nSPS) is 19.4. The van der Waals surface area contributed by atoms with E-state index >= 15 is 0 Å². The monoisotopic (exact) mass is 369 g/mol. The lowest BCUT2D eigenvalue weighted by molar-refractivity contribution is -0.132. The standard InChI is InChI=1S/C21H24FN3O2/c1-21(19(26)23-14-16-6-3-2-4-7-16)12-5-13-25(15-21)20(27)24-18-10-8-17(22)9-11-18/h2-4,6-11H,5,12-15H2,1H3,(H,23,26)(H,24,27)/t21-/m1/s1. The quantitative estimate of drug-likeness (QED) is 0.862. The number of hydrogen-bond acceptors (Lipinski definition) is 2. The van der Waals surface area contributed by atoms with E-state index in [1.807, 2.05) is 37.3 Å². The van der Waals surface area contributed by atoms with Gasteiger partial charge in [-0.3, -0.25) is 4.79 Å². The van der Waals surface area contributed by atoms with Gasteiger partial charge >= 0.3 is 6.03 Å². The fraction of sp³-hybridized carbons (Fsp3) is 0.333. The number of rotatable bonds is 4. The molecule has 0 aromatic heterocycles. The maximum absolute atomic E-state index is 13.0. The van der Waals surface area contributed by atoms with Crippen molar-refractivity contribution in [1.29, 1.82) is 0 Å². The van der Waals surface area contributed by atoms with Crippen molar-refractivity contribution in [2.24, 2.45) is 5.41 Å². The molecule has 0 bridgehead atoms. The largest absolute Gasteiger partial charge is 0.351 e. The minimum absolute atomic E-state index is 0.0503. The molecule has 2 N–H and O–H groups in total. The van der Waals surface area contributed by atoms with Gasteiger partial charge in [0.2, 0.25) is 5.91 Å². The van der Waals surface area contributed by atoms with Gasteiger partial charge in [0.1, 0.15) is 5.82 Å². The van der Waals surface area contributed by atoms with Crippen molar-refractivity contribution in [2.75, 3.05) is 18.4 Å². The van der Waals surface area contributed by atoms with Crippen molar-refractivity contribution < 1.29 is 14.0 Å². The second-order valence-corrected chi connectivity index (χ2v) is 7.19. The molecule has 1 aliphatic heterocycles. The average molecular weight is 369 g/mol. The van der Waals surface area contributed by atoms with Gasteiger partial charge in [-0.1, -0.05) is 30.3 Å². The van der Waals surface area contributed by atoms with Crippen molar-refractivity contribution in [3.8, 4) is 0 Å². The zero-order valence-corrected chi connectivity index (χ0v) is 15.4. The molecule has 1 heterocycles. The molecule has 1 aliphatic rings. The molecule has 142 valence electrons. The topological polar surface area (TPSA) is 61.4 Å². The summed E-state index contributed by atoms with van der Waals surface area (Å²) in [5, 5.41) is 5.75. The van der Waals surface area contributed by atoms with Gasteiger partial charge in [0.15, 0.2) is 0 Å². The molecule has 1 fully saturated rings. The first kappa shape index (κ1) is 18.9. The molecule has 3 rings (SSSR count). The highest BCUT2D eigenvalue weighted by atomic mass is 19.1. The number of benzene rings is 2. The number of nitrogens with one attached hydrogen (secondary N) is 2. The molecule has 2 aromatic rings. The summed E-state index contributed by atoms with van der Waals surface area (Å²) >= 11 is 0. The van der Waals surface area contributed by atoms with E-state index in [2.05, 4.69) is 10.6 Å². The van der Waals surface area contributed by atoms with E-state index in [1.54, 1.807) is 4.90 Å². The number of anilines is 1. The van der Waals surface area contributed by atoms with E-state index < -0.39 is 5.41 Å². The van der Waals surface area contributed by atoms with Crippen molar-refractivity contribution in [3.63, 3.8) is 0 Å². The molecule has 0 spiro atoms. The Hall–Kier alpha value is -2.89. The molecule has 0 unspecified atom stereocenters. The van der Waals surface area contributed by atoms with Crippen LogP contribution in [-0.4, -0.2) is 29.9 Å². The van der Waals surface area contributed by atoms with Gasteiger partial charge < -0.3 is 15.5 Å². The third-order valence-electron chi connectivity index (χ3n) is 4.92. The highest BCUT2D eigenvalue weighted by Crippen LogP contribution is 2.30. The van der Waals surface area contributed by atoms with Crippen LogP contribution < -0.4 is 10.6 Å². The zero-order chi connectivity index (χ0) is 19.3. The zero-order valence-electron chi connectivity index (χ0n) is 15.4. The Labute approximate surface area is 158 Å². The summed E-state index contributed by atoms with van der Waals surface area (Å²) in [6.45, 7) is 3.30. The Kier molecular flexibility index (Phi) is 5.74. The molecule has 2 aromatic carbocycles. The Morgan fingerprint density at radius 1 is 1.11 bits per heavy atom. The second-order valence-electron chi connectivity index (χ2n) is 7.19. The Balaban J connectivity index is 1.58. The van der Waals surface area contributed by atoms with Crippen LogP contribution in [0.3, 0.4) is 0 Å². The number of carbonyl (C=O) groups excluding carboxylic acids is 2. The number of amides is 3. The summed E-state index contributed by atoms with van der Waals surface area (Å²) in [6.07, 6.45) is 1.49. The van der Waals surface area contributed by atoms with Gasteiger partial charge in [-0.05, 0) is 49.6 Å². The van der Waals surface area contributed by atoms with E-state index in [1.165, 1.54) is 24.3 Å². The van der Waals surface area contributed by atoms with Crippen LogP contribution in [0.15, 0.2) is 54.6 Å². The van der Waals surface area contributed by atoms with Crippen LogP contribution in [0.2, 0.25) is 0 Å². The fourth-order valence-corrected chi connectivity index (χ4v) is 3.33. The molecule has 5 nitrogen and oxygen atoms in total. The summed E-state index contributed by atoms with van der Waals surface area (Å²) in [5.74, 6) is -0.403. The average Bonchev–Trinajstić information content (AvgIpc) is 2.68. The summed E-state index contributed by atoms with van der Waals surface area (Å²) in [4.78, 5) is 26.9. The Morgan fingerprint density at radius 2 is 1.81 bits per heavy atom. The Morgan fingerprint density at radius 3 is 2.52 bits per heavy atom. The molecule has 27 heavy (non-hydrogen) atoms. The van der Waals surface area contributed by atoms with E-state index in [0.29, 0.717) is 25.3 Å². The van der Waals surface area contributed by atoms with Crippen molar-refractivity contribution in [3.05, 3.63) is 66.0 Å². The van der Waals surface area contributed by atoms with E-state index in [0.717, 1.165) is 18.4 Å². The number of halogens is 1. The summed E-state index contributed by atoms with van der Waals surface area (Å²) in [6, 6.07) is 15.1. The minimum atomic E-state index is -0.632. The lowest BCUT2D eigenvalue weighted by atomic mass is 9.81. The second kappa shape index (κ2) is 8.20. The summed E-state index contributed by atoms with van der Waals surface area (Å²) < 4.78 is 13.0. The van der Waals surface area contributed by atoms with Gasteiger partial charge in [-0.2, -0.15) is 0 Å². The van der Waals surface area contributed by atoms with Crippen LogP contribution in [0, 0.1) is 11.2 Å². The van der Waals surface area contributed by atoms with Crippen molar-refractivity contribution in [1.82, 2.24) is 10.2 Å². The van der Waals surface area contributed by atoms with Crippen LogP contribution >= 0.6 is 0 Å². The lowest BCUT2D eigenvalue weighted by Gasteiger charge is -2.39. The van der Waals surface area contributed by atoms with Gasteiger partial charge in [0.05, 0.1) is 5.41 Å². The van der Waals surface area contributed by atoms with E-state index in [-0.39, 0.29) is 17.8 Å². The number of nitrogens with zero attached hydrogens (tertiary/aromatic N) is 1. The molecule has 0 aliphatic carbocycles. The van der Waals surface area contributed by atoms with Crippen molar-refractivity contribution in [2.45, 2.75) is 26.3 Å². The molecule has 0 radical (unpaired) electrons. The smallest absolute Gasteiger partial charge is 0.321 e. The van der Waals surface area contributed by atoms with Crippen LogP contribution in [0.1, 0.15) is 25.3 Å². The van der Waals surface area contributed by atoms with Crippen LogP contribution in [0.5, 0.6) is 0 Å². The first-order chi connectivity index (χ1) is 13.0. The van der Waals surface area contributed by atoms with E-state index in [9.17, 15) is 14.0 Å². The predicted octanol–water partition coefficient (Wildman–Crippen LogP) is 3.78. The van der Waals surface area contributed by atoms with Crippen LogP contribution in [-0.2, 0) is 11.3 Å². The first-order valence-corrected chi connectivity index (χ1v) is 9.10. The fourth-order valence-electron chi connectivity index (χ4n) is 3.33. The van der Waals surface area contributed by atoms with Crippen LogP contribution in [0.4, 0.5) is 14.9 Å². The number of hydrogen-bond donors (Lipinski definition) is 2. The molecular weight excluding hydrogens is 345 g/mol. The number of likely N-dealkylation sites (tertiary alicyclic amines) is 1. The molecule has 0 saturated carbocycles. The SMILES string of the molecule is C[C@@]1(C(=O)NCc2ccccc2)CCCN(C(=O)Nc2ccc(F)cc2)C1. The Bertz CT molecular complexity index is 795. The lowest BCUT2D eigenvalue weighted by Crippen LogP contribution is -2.52. The van der Waals surface area contributed by atoms with Crippen LogP contribution in [0.25, 0.3) is 0 Å². The van der Waals surface area contributed by atoms with Gasteiger partial charge in [-0.15, -0.1) is 0 Å². The minimum Gasteiger partial charge on any atom is -0.351 e. The highest BCUT2D eigenvalue weighted by molar-refractivity contribution is 5.90. The summed E-state index contributed by atoms with van der Waals surface area (Å²) in [7, 11) is 0. The molecule has 6 heteroatoms. The molecule has 1 atom stereocenters. The number of urea groups is 1.